The van der Waals surface area contributed by atoms with Crippen LogP contribution in [-0.2, 0) is 6.61 Å². The van der Waals surface area contributed by atoms with Gasteiger partial charge in [-0.25, -0.2) is 0 Å². The number of hydrogen-bond acceptors (Lipinski definition) is 3. The average Bonchev–Trinajstić information content (AvgIpc) is 2.31. The van der Waals surface area contributed by atoms with Crippen LogP contribution in [0.4, 0.5) is 5.69 Å². The van der Waals surface area contributed by atoms with E-state index in [-0.39, 0.29) is 6.61 Å². The Morgan fingerprint density at radius 3 is 2.47 bits per heavy atom. The van der Waals surface area contributed by atoms with E-state index in [9.17, 15) is 0 Å². The third-order valence-electron chi connectivity index (χ3n) is 2.73. The molecule has 1 heterocycles. The van der Waals surface area contributed by atoms with Crippen molar-refractivity contribution < 1.29 is 5.11 Å². The van der Waals surface area contributed by atoms with Gasteiger partial charge in [-0.3, -0.25) is 0 Å². The van der Waals surface area contributed by atoms with Gasteiger partial charge in [-0.15, -0.1) is 0 Å². The van der Waals surface area contributed by atoms with Crippen molar-refractivity contribution >= 4 is 17.4 Å². The van der Waals surface area contributed by atoms with Crippen LogP contribution in [-0.4, -0.2) is 22.7 Å². The highest BCUT2D eigenvalue weighted by Crippen LogP contribution is 2.21. The molecule has 1 fully saturated rings. The predicted octanol–water partition coefficient (Wildman–Crippen LogP) is 2.49. The second kappa shape index (κ2) is 5.42. The van der Waals surface area contributed by atoms with Gasteiger partial charge >= 0.3 is 0 Å². The summed E-state index contributed by atoms with van der Waals surface area (Å²) in [5, 5.41) is 12.5. The summed E-state index contributed by atoms with van der Waals surface area (Å²) in [6.07, 6.45) is 2.51. The van der Waals surface area contributed by atoms with Crippen molar-refractivity contribution in [3.8, 4) is 0 Å². The summed E-state index contributed by atoms with van der Waals surface area (Å²) >= 11 is 2.04. The Balaban J connectivity index is 1.91. The summed E-state index contributed by atoms with van der Waals surface area (Å²) in [5.74, 6) is 2.54. The van der Waals surface area contributed by atoms with Crippen LogP contribution >= 0.6 is 11.8 Å². The van der Waals surface area contributed by atoms with E-state index in [1.165, 1.54) is 30.0 Å². The lowest BCUT2D eigenvalue weighted by Gasteiger charge is -2.23. The molecule has 0 radical (unpaired) electrons. The highest BCUT2D eigenvalue weighted by atomic mass is 32.2. The summed E-state index contributed by atoms with van der Waals surface area (Å²) in [5.41, 5.74) is 2.14. The van der Waals surface area contributed by atoms with Crippen molar-refractivity contribution in [3.63, 3.8) is 0 Å². The molecule has 0 unspecified atom stereocenters. The van der Waals surface area contributed by atoms with Crippen LogP contribution in [0, 0.1) is 0 Å². The standard InChI is InChI=1S/C12H17NOS/c14-9-10-1-3-11(4-2-10)13-12-5-7-15-8-6-12/h1-4,12-14H,5-9H2. The number of anilines is 1. The van der Waals surface area contributed by atoms with E-state index in [4.69, 9.17) is 5.11 Å². The monoisotopic (exact) mass is 223 g/mol. The number of thioether (sulfide) groups is 1. The van der Waals surface area contributed by atoms with Crippen molar-refractivity contribution in [1.82, 2.24) is 0 Å². The summed E-state index contributed by atoms with van der Waals surface area (Å²) < 4.78 is 0. The molecule has 3 heteroatoms. The van der Waals surface area contributed by atoms with Crippen molar-refractivity contribution in [2.24, 2.45) is 0 Å². The molecule has 15 heavy (non-hydrogen) atoms. The van der Waals surface area contributed by atoms with Gasteiger partial charge in [0.25, 0.3) is 0 Å². The minimum absolute atomic E-state index is 0.125. The van der Waals surface area contributed by atoms with E-state index >= 15 is 0 Å². The number of aliphatic hydroxyl groups is 1. The van der Waals surface area contributed by atoms with Crippen LogP contribution in [0.5, 0.6) is 0 Å². The van der Waals surface area contributed by atoms with Crippen LogP contribution in [0.3, 0.4) is 0 Å². The van der Waals surface area contributed by atoms with Crippen LogP contribution < -0.4 is 5.32 Å². The molecule has 1 aliphatic rings. The third kappa shape index (κ3) is 3.14. The van der Waals surface area contributed by atoms with Crippen molar-refractivity contribution in [2.45, 2.75) is 25.5 Å². The fraction of sp³-hybridized carbons (Fsp3) is 0.500. The van der Waals surface area contributed by atoms with Gasteiger partial charge < -0.3 is 10.4 Å². The SMILES string of the molecule is OCc1ccc(NC2CCSCC2)cc1. The zero-order valence-electron chi connectivity index (χ0n) is 8.78. The van der Waals surface area contributed by atoms with Gasteiger partial charge in [0.2, 0.25) is 0 Å². The molecule has 1 aromatic carbocycles. The maximum absolute atomic E-state index is 8.93. The van der Waals surface area contributed by atoms with Gasteiger partial charge in [-0.05, 0) is 42.0 Å². The van der Waals surface area contributed by atoms with Gasteiger partial charge in [0.15, 0.2) is 0 Å². The molecule has 82 valence electrons. The van der Waals surface area contributed by atoms with E-state index in [1.807, 2.05) is 36.0 Å². The number of rotatable bonds is 3. The molecule has 2 N–H and O–H groups in total. The Bertz CT molecular complexity index is 293. The first-order valence-corrected chi connectivity index (χ1v) is 6.58. The fourth-order valence-corrected chi connectivity index (χ4v) is 2.89. The molecule has 0 amide bonds. The van der Waals surface area contributed by atoms with E-state index in [0.29, 0.717) is 6.04 Å². The van der Waals surface area contributed by atoms with Crippen LogP contribution in [0.15, 0.2) is 24.3 Å². The third-order valence-corrected chi connectivity index (χ3v) is 3.78. The topological polar surface area (TPSA) is 32.3 Å². The quantitative estimate of drug-likeness (QED) is 0.825. The maximum atomic E-state index is 8.93. The lowest BCUT2D eigenvalue weighted by Crippen LogP contribution is -2.24. The first kappa shape index (κ1) is 10.8. The molecule has 0 bridgehead atoms. The normalized spacial score (nSPS) is 17.7. The Hall–Kier alpha value is -0.670. The van der Waals surface area contributed by atoms with Gasteiger partial charge in [0.1, 0.15) is 0 Å². The fourth-order valence-electron chi connectivity index (χ4n) is 1.78. The zero-order chi connectivity index (χ0) is 10.5. The first-order chi connectivity index (χ1) is 7.38. The molecular formula is C12H17NOS. The molecule has 0 spiro atoms. The predicted molar refractivity (Wildman–Crippen MR) is 66.3 cm³/mol. The lowest BCUT2D eigenvalue weighted by molar-refractivity contribution is 0.282. The molecule has 1 saturated heterocycles. The second-order valence-corrected chi connectivity index (χ2v) is 5.11. The highest BCUT2D eigenvalue weighted by molar-refractivity contribution is 7.99. The zero-order valence-corrected chi connectivity index (χ0v) is 9.59. The minimum Gasteiger partial charge on any atom is -0.392 e. The summed E-state index contributed by atoms with van der Waals surface area (Å²) in [7, 11) is 0. The molecular weight excluding hydrogens is 206 g/mol. The Kier molecular flexibility index (Phi) is 3.92. The molecule has 2 rings (SSSR count). The van der Waals surface area contributed by atoms with E-state index < -0.39 is 0 Å². The summed E-state index contributed by atoms with van der Waals surface area (Å²) in [6, 6.07) is 8.67. The van der Waals surface area contributed by atoms with Gasteiger partial charge in [-0.1, -0.05) is 12.1 Å². The summed E-state index contributed by atoms with van der Waals surface area (Å²) in [4.78, 5) is 0. The van der Waals surface area contributed by atoms with Crippen LogP contribution in [0.25, 0.3) is 0 Å². The Labute approximate surface area is 95.1 Å². The van der Waals surface area contributed by atoms with E-state index in [1.54, 1.807) is 0 Å². The van der Waals surface area contributed by atoms with Crippen LogP contribution in [0.2, 0.25) is 0 Å². The number of aliphatic hydroxyl groups excluding tert-OH is 1. The Morgan fingerprint density at radius 1 is 1.20 bits per heavy atom. The molecule has 0 atom stereocenters. The van der Waals surface area contributed by atoms with Crippen molar-refractivity contribution in [2.75, 3.05) is 16.8 Å². The van der Waals surface area contributed by atoms with E-state index in [2.05, 4.69) is 5.32 Å². The molecule has 1 aliphatic heterocycles. The van der Waals surface area contributed by atoms with E-state index in [0.717, 1.165) is 5.56 Å². The number of nitrogens with one attached hydrogen (secondary N) is 1. The minimum atomic E-state index is 0.125. The molecule has 0 saturated carbocycles. The molecule has 2 nitrogen and oxygen atoms in total. The maximum Gasteiger partial charge on any atom is 0.0681 e. The molecule has 1 aromatic rings. The highest BCUT2D eigenvalue weighted by Gasteiger charge is 2.12. The van der Waals surface area contributed by atoms with Crippen molar-refractivity contribution in [3.05, 3.63) is 29.8 Å². The first-order valence-electron chi connectivity index (χ1n) is 5.42. The average molecular weight is 223 g/mol. The number of hydrogen-bond donors (Lipinski definition) is 2. The van der Waals surface area contributed by atoms with Gasteiger partial charge in [0.05, 0.1) is 6.61 Å². The Morgan fingerprint density at radius 2 is 1.87 bits per heavy atom. The summed E-state index contributed by atoms with van der Waals surface area (Å²) in [6.45, 7) is 0.125. The van der Waals surface area contributed by atoms with Crippen molar-refractivity contribution in [1.29, 1.82) is 0 Å². The number of benzene rings is 1. The largest absolute Gasteiger partial charge is 0.392 e. The van der Waals surface area contributed by atoms with Crippen LogP contribution in [0.1, 0.15) is 18.4 Å². The van der Waals surface area contributed by atoms with Gasteiger partial charge in [0, 0.05) is 11.7 Å². The van der Waals surface area contributed by atoms with Gasteiger partial charge in [-0.2, -0.15) is 11.8 Å². The second-order valence-electron chi connectivity index (χ2n) is 3.89. The molecule has 0 aromatic heterocycles. The molecule has 0 aliphatic carbocycles. The lowest BCUT2D eigenvalue weighted by atomic mass is 10.1. The smallest absolute Gasteiger partial charge is 0.0681 e.